The monoisotopic (exact) mass is 729 g/mol. The van der Waals surface area contributed by atoms with Gasteiger partial charge in [-0.2, -0.15) is 0 Å². The van der Waals surface area contributed by atoms with E-state index < -0.39 is 0 Å². The van der Waals surface area contributed by atoms with Crippen LogP contribution in [-0.2, 0) is 0 Å². The van der Waals surface area contributed by atoms with E-state index in [0.717, 1.165) is 11.4 Å². The lowest BCUT2D eigenvalue weighted by atomic mass is 9.89. The summed E-state index contributed by atoms with van der Waals surface area (Å²) < 4.78 is 2.58. The van der Waals surface area contributed by atoms with Crippen LogP contribution in [0.5, 0.6) is 0 Å². The Labute approximate surface area is 330 Å². The smallest absolute Gasteiger partial charge is 0.0640 e. The van der Waals surface area contributed by atoms with E-state index in [2.05, 4.69) is 217 Å². The number of anilines is 3. The third-order valence-electron chi connectivity index (χ3n) is 11.2. The molecular formula is C54H35NS. The highest BCUT2D eigenvalue weighted by Crippen LogP contribution is 2.47. The standard InChI is InChI=1S/C54H35NS/c1-2-14-36(15-3-1)37-28-30-42(31-29-37)55(52-27-13-26-49-51-33-38-16-4-5-17-39(38)35-53(51)56-54(49)52)43-20-12-19-40(32-43)44-22-8-9-24-47(44)50-34-41-18-6-7-21-45(41)46-23-10-11-25-48(46)50/h1-35H. The van der Waals surface area contributed by atoms with Gasteiger partial charge in [0.25, 0.3) is 0 Å². The molecule has 0 bridgehead atoms. The van der Waals surface area contributed by atoms with Crippen molar-refractivity contribution in [3.63, 3.8) is 0 Å². The van der Waals surface area contributed by atoms with Crippen LogP contribution in [-0.4, -0.2) is 0 Å². The van der Waals surface area contributed by atoms with Crippen LogP contribution >= 0.6 is 11.3 Å². The fraction of sp³-hybridized carbons (Fsp3) is 0. The van der Waals surface area contributed by atoms with E-state index in [1.54, 1.807) is 0 Å². The summed E-state index contributed by atoms with van der Waals surface area (Å²) >= 11 is 1.88. The molecule has 11 aromatic rings. The molecule has 0 aliphatic heterocycles. The first kappa shape index (κ1) is 32.4. The van der Waals surface area contributed by atoms with Crippen LogP contribution in [0, 0.1) is 0 Å². The van der Waals surface area contributed by atoms with Crippen LogP contribution in [0.1, 0.15) is 0 Å². The SMILES string of the molecule is c1ccc(-c2ccc(N(c3cccc(-c4ccccc4-c4cc5ccccc5c5ccccc45)c3)c3cccc4c3sc3cc5ccccc5cc34)cc2)cc1. The molecule has 0 aliphatic carbocycles. The molecule has 0 spiro atoms. The van der Waals surface area contributed by atoms with Gasteiger partial charge in [0.05, 0.1) is 10.4 Å². The molecule has 2 heteroatoms. The van der Waals surface area contributed by atoms with E-state index in [9.17, 15) is 0 Å². The zero-order chi connectivity index (χ0) is 37.0. The van der Waals surface area contributed by atoms with Crippen molar-refractivity contribution in [3.8, 4) is 33.4 Å². The second kappa shape index (κ2) is 13.4. The fourth-order valence-electron chi connectivity index (χ4n) is 8.56. The predicted octanol–water partition coefficient (Wildman–Crippen LogP) is 16.0. The van der Waals surface area contributed by atoms with Crippen molar-refractivity contribution in [1.29, 1.82) is 0 Å². The summed E-state index contributed by atoms with van der Waals surface area (Å²) in [5.41, 5.74) is 10.7. The molecule has 1 nitrogen and oxygen atoms in total. The molecule has 11 rings (SSSR count). The van der Waals surface area contributed by atoms with Crippen LogP contribution in [0.15, 0.2) is 212 Å². The van der Waals surface area contributed by atoms with Gasteiger partial charge < -0.3 is 4.90 Å². The minimum absolute atomic E-state index is 1.11. The molecule has 0 saturated heterocycles. The molecule has 0 saturated carbocycles. The van der Waals surface area contributed by atoms with Crippen molar-refractivity contribution in [2.75, 3.05) is 4.90 Å². The van der Waals surface area contributed by atoms with Gasteiger partial charge in [-0.1, -0.05) is 164 Å². The summed E-state index contributed by atoms with van der Waals surface area (Å²) in [6.45, 7) is 0. The Bertz CT molecular complexity index is 3250. The number of rotatable bonds is 6. The van der Waals surface area contributed by atoms with Gasteiger partial charge in [0.1, 0.15) is 0 Å². The summed E-state index contributed by atoms with van der Waals surface area (Å²) in [7, 11) is 0. The summed E-state index contributed by atoms with van der Waals surface area (Å²) in [4.78, 5) is 2.45. The van der Waals surface area contributed by atoms with E-state index in [1.165, 1.54) is 91.6 Å². The van der Waals surface area contributed by atoms with Gasteiger partial charge in [0, 0.05) is 26.8 Å². The molecule has 10 aromatic carbocycles. The maximum absolute atomic E-state index is 2.45. The average molecular weight is 730 g/mol. The Morgan fingerprint density at radius 2 is 0.911 bits per heavy atom. The Hall–Kier alpha value is -7.00. The molecule has 0 aliphatic rings. The van der Waals surface area contributed by atoms with Gasteiger partial charge in [-0.15, -0.1) is 11.3 Å². The minimum atomic E-state index is 1.11. The molecule has 0 radical (unpaired) electrons. The van der Waals surface area contributed by atoms with E-state index in [4.69, 9.17) is 0 Å². The van der Waals surface area contributed by atoms with Crippen LogP contribution < -0.4 is 4.90 Å². The molecule has 56 heavy (non-hydrogen) atoms. The van der Waals surface area contributed by atoms with E-state index in [0.29, 0.717) is 0 Å². The molecule has 1 aromatic heterocycles. The van der Waals surface area contributed by atoms with Crippen molar-refractivity contribution in [2.24, 2.45) is 0 Å². The zero-order valence-electron chi connectivity index (χ0n) is 30.6. The quantitative estimate of drug-likeness (QED) is 0.154. The summed E-state index contributed by atoms with van der Waals surface area (Å²) in [5.74, 6) is 0. The highest BCUT2D eigenvalue weighted by molar-refractivity contribution is 7.26. The van der Waals surface area contributed by atoms with Crippen LogP contribution in [0.3, 0.4) is 0 Å². The van der Waals surface area contributed by atoms with Crippen LogP contribution in [0.4, 0.5) is 17.1 Å². The Balaban J connectivity index is 1.11. The molecule has 1 heterocycles. The third-order valence-corrected chi connectivity index (χ3v) is 12.4. The summed E-state index contributed by atoms with van der Waals surface area (Å²) in [5, 5.41) is 10.2. The van der Waals surface area contributed by atoms with Crippen molar-refractivity contribution in [2.45, 2.75) is 0 Å². The first-order valence-corrected chi connectivity index (χ1v) is 20.0. The van der Waals surface area contributed by atoms with Gasteiger partial charge in [-0.25, -0.2) is 0 Å². The van der Waals surface area contributed by atoms with Gasteiger partial charge in [-0.3, -0.25) is 0 Å². The van der Waals surface area contributed by atoms with E-state index in [-0.39, 0.29) is 0 Å². The number of fused-ring (bicyclic) bond motifs is 7. The molecule has 262 valence electrons. The number of hydrogen-bond donors (Lipinski definition) is 0. The highest BCUT2D eigenvalue weighted by atomic mass is 32.1. The van der Waals surface area contributed by atoms with Crippen molar-refractivity contribution >= 4 is 80.9 Å². The number of benzene rings is 10. The molecule has 0 atom stereocenters. The first-order valence-electron chi connectivity index (χ1n) is 19.2. The van der Waals surface area contributed by atoms with Crippen molar-refractivity contribution < 1.29 is 0 Å². The summed E-state index contributed by atoms with van der Waals surface area (Å²) in [6, 6.07) is 77.7. The van der Waals surface area contributed by atoms with Gasteiger partial charge in [0.2, 0.25) is 0 Å². The topological polar surface area (TPSA) is 3.24 Å². The highest BCUT2D eigenvalue weighted by Gasteiger charge is 2.20. The van der Waals surface area contributed by atoms with Gasteiger partial charge in [-0.05, 0) is 114 Å². The summed E-state index contributed by atoms with van der Waals surface area (Å²) in [6.07, 6.45) is 0. The van der Waals surface area contributed by atoms with Crippen LogP contribution in [0.2, 0.25) is 0 Å². The van der Waals surface area contributed by atoms with Gasteiger partial charge >= 0.3 is 0 Å². The Morgan fingerprint density at radius 3 is 1.73 bits per heavy atom. The van der Waals surface area contributed by atoms with E-state index in [1.807, 2.05) is 11.3 Å². The Morgan fingerprint density at radius 1 is 0.304 bits per heavy atom. The maximum atomic E-state index is 2.45. The fourth-order valence-corrected chi connectivity index (χ4v) is 9.80. The minimum Gasteiger partial charge on any atom is -0.309 e. The maximum Gasteiger partial charge on any atom is 0.0640 e. The number of hydrogen-bond acceptors (Lipinski definition) is 2. The van der Waals surface area contributed by atoms with Crippen molar-refractivity contribution in [3.05, 3.63) is 212 Å². The molecule has 0 amide bonds. The lowest BCUT2D eigenvalue weighted by Crippen LogP contribution is -2.10. The van der Waals surface area contributed by atoms with E-state index >= 15 is 0 Å². The molecular weight excluding hydrogens is 695 g/mol. The number of thiophene rings is 1. The normalized spacial score (nSPS) is 11.6. The lowest BCUT2D eigenvalue weighted by Gasteiger charge is -2.27. The zero-order valence-corrected chi connectivity index (χ0v) is 31.4. The molecule has 0 fully saturated rings. The first-order chi connectivity index (χ1) is 27.8. The average Bonchev–Trinajstić information content (AvgIpc) is 3.64. The third kappa shape index (κ3) is 5.46. The van der Waals surface area contributed by atoms with Crippen LogP contribution in [0.25, 0.3) is 85.9 Å². The number of nitrogens with zero attached hydrogens (tertiary/aromatic N) is 1. The molecule has 0 N–H and O–H groups in total. The van der Waals surface area contributed by atoms with Gasteiger partial charge in [0.15, 0.2) is 0 Å². The largest absolute Gasteiger partial charge is 0.309 e. The predicted molar refractivity (Wildman–Crippen MR) is 243 cm³/mol. The second-order valence-electron chi connectivity index (χ2n) is 14.5. The molecule has 0 unspecified atom stereocenters. The Kier molecular flexibility index (Phi) is 7.75. The van der Waals surface area contributed by atoms with Crippen molar-refractivity contribution in [1.82, 2.24) is 0 Å². The lowest BCUT2D eigenvalue weighted by molar-refractivity contribution is 1.30. The second-order valence-corrected chi connectivity index (χ2v) is 15.5.